The molecule has 2 aliphatic rings. The van der Waals surface area contributed by atoms with Gasteiger partial charge in [0, 0.05) is 24.1 Å². The molecule has 3 aromatic rings. The number of aliphatic hydroxyl groups is 1. The Hall–Kier alpha value is -3.04. The minimum atomic E-state index is -0.750. The maximum absolute atomic E-state index is 12.0. The molecule has 36 heavy (non-hydrogen) atoms. The van der Waals surface area contributed by atoms with E-state index in [0.717, 1.165) is 71.6 Å². The number of aromatic nitrogens is 3. The summed E-state index contributed by atoms with van der Waals surface area (Å²) in [6.45, 7) is 4.30. The van der Waals surface area contributed by atoms with Gasteiger partial charge in [-0.25, -0.2) is 9.97 Å². The molecule has 2 heterocycles. The van der Waals surface area contributed by atoms with Crippen LogP contribution in [0.3, 0.4) is 0 Å². The number of carbonyl (C=O) groups excluding carboxylic acids is 1. The Balaban J connectivity index is 1.24. The second-order valence-corrected chi connectivity index (χ2v) is 10.7. The maximum Gasteiger partial charge on any atom is 0.308 e. The van der Waals surface area contributed by atoms with E-state index in [-0.39, 0.29) is 18.0 Å². The molecule has 5 rings (SSSR count). The van der Waals surface area contributed by atoms with Gasteiger partial charge in [0.1, 0.15) is 16.7 Å². The Morgan fingerprint density at radius 1 is 1.19 bits per heavy atom. The van der Waals surface area contributed by atoms with E-state index in [1.807, 2.05) is 32.2 Å². The van der Waals surface area contributed by atoms with Gasteiger partial charge in [0.2, 0.25) is 11.8 Å². The Morgan fingerprint density at radius 3 is 2.72 bits per heavy atom. The molecule has 0 spiro atoms. The number of anilines is 2. The summed E-state index contributed by atoms with van der Waals surface area (Å²) in [7, 11) is 0. The van der Waals surface area contributed by atoms with Gasteiger partial charge in [-0.15, -0.1) is 11.3 Å². The number of nitrogens with zero attached hydrogens (tertiary/aromatic N) is 3. The van der Waals surface area contributed by atoms with E-state index in [2.05, 4.69) is 26.3 Å². The molecule has 8 nitrogen and oxygen atoms in total. The zero-order chi connectivity index (χ0) is 25.1. The summed E-state index contributed by atoms with van der Waals surface area (Å²) in [4.78, 5) is 26.4. The van der Waals surface area contributed by atoms with Crippen LogP contribution in [0, 0.1) is 12.8 Å². The van der Waals surface area contributed by atoms with Crippen molar-refractivity contribution in [1.82, 2.24) is 15.0 Å². The highest BCUT2D eigenvalue weighted by molar-refractivity contribution is 7.15. The maximum atomic E-state index is 12.0. The Morgan fingerprint density at radius 2 is 2.00 bits per heavy atom. The van der Waals surface area contributed by atoms with Crippen molar-refractivity contribution in [2.45, 2.75) is 70.5 Å². The van der Waals surface area contributed by atoms with Crippen molar-refractivity contribution >= 4 is 28.9 Å². The van der Waals surface area contributed by atoms with Crippen LogP contribution in [0.2, 0.25) is 0 Å². The zero-order valence-electron chi connectivity index (χ0n) is 20.7. The molecule has 0 amide bonds. The molecule has 1 aromatic carbocycles. The summed E-state index contributed by atoms with van der Waals surface area (Å²) in [6, 6.07) is 7.95. The third-order valence-corrected chi connectivity index (χ3v) is 8.15. The lowest BCUT2D eigenvalue weighted by Gasteiger charge is -2.34. The van der Waals surface area contributed by atoms with Crippen molar-refractivity contribution in [2.24, 2.45) is 5.92 Å². The molecule has 0 radical (unpaired) electrons. The first-order valence-corrected chi connectivity index (χ1v) is 13.5. The molecule has 2 aliphatic carbocycles. The molecule has 0 aliphatic heterocycles. The molecule has 2 saturated carbocycles. The van der Waals surface area contributed by atoms with Crippen molar-refractivity contribution in [2.75, 3.05) is 11.9 Å². The van der Waals surface area contributed by atoms with Gasteiger partial charge in [-0.05, 0) is 82.1 Å². The Labute approximate surface area is 215 Å². The average molecular weight is 509 g/mol. The number of carbonyl (C=O) groups is 1. The van der Waals surface area contributed by atoms with Crippen LogP contribution in [0.15, 0.2) is 36.7 Å². The highest BCUT2D eigenvalue weighted by Gasteiger charge is 2.39. The van der Waals surface area contributed by atoms with Crippen molar-refractivity contribution in [3.05, 3.63) is 47.2 Å². The van der Waals surface area contributed by atoms with Crippen LogP contribution < -0.4 is 10.1 Å². The summed E-state index contributed by atoms with van der Waals surface area (Å²) in [5.41, 5.74) is 2.25. The van der Waals surface area contributed by atoms with Gasteiger partial charge in [0.05, 0.1) is 17.4 Å². The largest absolute Gasteiger partial charge is 0.474 e. The lowest BCUT2D eigenvalue weighted by molar-refractivity contribution is -0.149. The number of hydrogen-bond donors (Lipinski definition) is 2. The Bertz CT molecular complexity index is 1220. The molecule has 190 valence electrons. The summed E-state index contributed by atoms with van der Waals surface area (Å²) < 4.78 is 11.3. The lowest BCUT2D eigenvalue weighted by atomic mass is 9.81. The predicted molar refractivity (Wildman–Crippen MR) is 138 cm³/mol. The number of benzene rings is 1. The standard InChI is InChI=1S/C27H32N4O4S/c1-3-34-24(32)18-5-7-21(8-6-18)35-23-9-12-28-26(31-23)30-20-14-17(2)13-19(15-20)22-16-29-25(36-22)27(33)10-4-11-27/h9,12-16,18,21,33H,3-8,10-11H2,1-2H3,(H,28,30,31). The molecule has 0 unspecified atom stereocenters. The molecule has 0 saturated heterocycles. The number of rotatable bonds is 8. The molecule has 0 bridgehead atoms. The monoisotopic (exact) mass is 508 g/mol. The van der Waals surface area contributed by atoms with Crippen LogP contribution in [-0.4, -0.2) is 38.7 Å². The van der Waals surface area contributed by atoms with E-state index in [1.165, 1.54) is 0 Å². The Kier molecular flexibility index (Phi) is 7.20. The van der Waals surface area contributed by atoms with Crippen LogP contribution in [0.5, 0.6) is 5.88 Å². The van der Waals surface area contributed by atoms with Crippen molar-refractivity contribution < 1.29 is 19.4 Å². The minimum absolute atomic E-state index is 0.0232. The van der Waals surface area contributed by atoms with E-state index in [9.17, 15) is 9.90 Å². The van der Waals surface area contributed by atoms with E-state index >= 15 is 0 Å². The second-order valence-electron chi connectivity index (χ2n) is 9.69. The lowest BCUT2D eigenvalue weighted by Crippen LogP contribution is -2.33. The summed E-state index contributed by atoms with van der Waals surface area (Å²) >= 11 is 1.55. The van der Waals surface area contributed by atoms with Crippen LogP contribution >= 0.6 is 11.3 Å². The number of aryl methyl sites for hydroxylation is 1. The molecule has 2 aromatic heterocycles. The number of ether oxygens (including phenoxy) is 2. The average Bonchev–Trinajstić information content (AvgIpc) is 3.34. The van der Waals surface area contributed by atoms with Gasteiger partial charge in [0.15, 0.2) is 0 Å². The van der Waals surface area contributed by atoms with E-state index in [0.29, 0.717) is 18.4 Å². The smallest absolute Gasteiger partial charge is 0.308 e. The van der Waals surface area contributed by atoms with Crippen LogP contribution in [0.1, 0.15) is 62.4 Å². The summed E-state index contributed by atoms with van der Waals surface area (Å²) in [5.74, 6) is 0.837. The van der Waals surface area contributed by atoms with Crippen LogP contribution in [0.25, 0.3) is 10.4 Å². The summed E-state index contributed by atoms with van der Waals surface area (Å²) in [6.07, 6.45) is 9.28. The third kappa shape index (κ3) is 5.52. The van der Waals surface area contributed by atoms with Crippen molar-refractivity contribution in [3.63, 3.8) is 0 Å². The van der Waals surface area contributed by atoms with E-state index < -0.39 is 5.60 Å². The number of nitrogens with one attached hydrogen (secondary N) is 1. The normalized spacial score (nSPS) is 20.9. The third-order valence-electron chi connectivity index (χ3n) is 6.91. The fourth-order valence-corrected chi connectivity index (χ4v) is 5.84. The van der Waals surface area contributed by atoms with Crippen LogP contribution in [0.4, 0.5) is 11.6 Å². The van der Waals surface area contributed by atoms with Gasteiger partial charge >= 0.3 is 5.97 Å². The van der Waals surface area contributed by atoms with Gasteiger partial charge in [-0.1, -0.05) is 6.07 Å². The fraction of sp³-hybridized carbons (Fsp3) is 0.481. The molecule has 0 atom stereocenters. The highest BCUT2D eigenvalue weighted by atomic mass is 32.1. The van der Waals surface area contributed by atoms with Crippen molar-refractivity contribution in [3.8, 4) is 16.3 Å². The summed E-state index contributed by atoms with van der Waals surface area (Å²) in [5, 5.41) is 14.7. The van der Waals surface area contributed by atoms with E-state index in [4.69, 9.17) is 9.47 Å². The first-order chi connectivity index (χ1) is 17.4. The van der Waals surface area contributed by atoms with Gasteiger partial charge < -0.3 is 19.9 Å². The fourth-order valence-electron chi connectivity index (χ4n) is 4.79. The van der Waals surface area contributed by atoms with Gasteiger partial charge in [-0.2, -0.15) is 4.98 Å². The van der Waals surface area contributed by atoms with E-state index in [1.54, 1.807) is 23.6 Å². The predicted octanol–water partition coefficient (Wildman–Crippen LogP) is 5.52. The topological polar surface area (TPSA) is 106 Å². The highest BCUT2D eigenvalue weighted by Crippen LogP contribution is 2.44. The van der Waals surface area contributed by atoms with Gasteiger partial charge in [-0.3, -0.25) is 4.79 Å². The molecule has 9 heteroatoms. The zero-order valence-corrected chi connectivity index (χ0v) is 21.5. The van der Waals surface area contributed by atoms with Crippen LogP contribution in [-0.2, 0) is 15.1 Å². The first-order valence-electron chi connectivity index (χ1n) is 12.7. The minimum Gasteiger partial charge on any atom is -0.474 e. The second kappa shape index (κ2) is 10.5. The first kappa shape index (κ1) is 24.6. The molecule has 2 fully saturated rings. The van der Waals surface area contributed by atoms with Gasteiger partial charge in [0.25, 0.3) is 0 Å². The number of thiazole rings is 1. The number of hydrogen-bond acceptors (Lipinski definition) is 9. The van der Waals surface area contributed by atoms with Crippen molar-refractivity contribution in [1.29, 1.82) is 0 Å². The molecular formula is C27H32N4O4S. The quantitative estimate of drug-likeness (QED) is 0.383. The SMILES string of the molecule is CCOC(=O)C1CCC(Oc2ccnc(Nc3cc(C)cc(-c4cnc(C5(O)CCC5)s4)c3)n2)CC1. The number of esters is 1. The molecule has 2 N–H and O–H groups in total. The molecular weight excluding hydrogens is 476 g/mol.